The summed E-state index contributed by atoms with van der Waals surface area (Å²) in [6.45, 7) is 0.106. The molecule has 1 atom stereocenters. The largest absolute Gasteiger partial charge is 0.497 e. The first kappa shape index (κ1) is 26.8. The molecule has 0 saturated carbocycles. The van der Waals surface area contributed by atoms with E-state index < -0.39 is 39.8 Å². The molecule has 10 nitrogen and oxygen atoms in total. The molecular weight excluding hydrogens is 520 g/mol. The Morgan fingerprint density at radius 3 is 2.47 bits per heavy atom. The number of amides is 3. The summed E-state index contributed by atoms with van der Waals surface area (Å²) in [4.78, 5) is 31.4. The Labute approximate surface area is 218 Å². The Bertz CT molecular complexity index is 1430. The van der Waals surface area contributed by atoms with Crippen LogP contribution in [0.1, 0.15) is 11.1 Å². The minimum atomic E-state index is -4.34. The summed E-state index contributed by atoms with van der Waals surface area (Å²) >= 11 is 0. The van der Waals surface area contributed by atoms with Crippen LogP contribution in [0, 0.1) is 11.6 Å². The first-order valence-corrected chi connectivity index (χ1v) is 12.9. The van der Waals surface area contributed by atoms with Gasteiger partial charge in [0, 0.05) is 38.0 Å². The van der Waals surface area contributed by atoms with E-state index in [1.165, 1.54) is 25.3 Å². The molecule has 1 aliphatic heterocycles. The zero-order valence-electron chi connectivity index (χ0n) is 20.5. The molecule has 3 amide bonds. The summed E-state index contributed by atoms with van der Waals surface area (Å²) in [6, 6.07) is 8.36. The Morgan fingerprint density at radius 2 is 1.82 bits per heavy atom. The van der Waals surface area contributed by atoms with Crippen LogP contribution in [0.2, 0.25) is 0 Å². The van der Waals surface area contributed by atoms with Gasteiger partial charge in [-0.3, -0.25) is 14.1 Å². The number of likely N-dealkylation sites (N-methyl/N-ethyl adjacent to an activating group) is 1. The third-order valence-corrected chi connectivity index (χ3v) is 7.41. The fraction of sp³-hybridized carbons (Fsp3) is 0.240. The van der Waals surface area contributed by atoms with Crippen molar-refractivity contribution in [2.75, 3.05) is 29.9 Å². The van der Waals surface area contributed by atoms with Gasteiger partial charge in [-0.05, 0) is 60.0 Å². The second-order valence-corrected chi connectivity index (χ2v) is 10.1. The molecule has 0 saturated heterocycles. The average Bonchev–Trinajstić information content (AvgIpc) is 3.32. The highest BCUT2D eigenvalue weighted by atomic mass is 32.2. The van der Waals surface area contributed by atoms with Crippen LogP contribution in [0.15, 0.2) is 60.9 Å². The molecule has 0 bridgehead atoms. The number of benzene rings is 2. The molecule has 1 aliphatic rings. The molecule has 1 aromatic heterocycles. The fourth-order valence-corrected chi connectivity index (χ4v) is 5.29. The molecule has 0 fully saturated rings. The lowest BCUT2D eigenvalue weighted by Gasteiger charge is -2.26. The molecule has 0 aliphatic carbocycles. The zero-order valence-corrected chi connectivity index (χ0v) is 21.3. The minimum Gasteiger partial charge on any atom is -0.497 e. The number of aromatic nitrogens is 1. The molecule has 2 heterocycles. The summed E-state index contributed by atoms with van der Waals surface area (Å²) in [5, 5.41) is 2.35. The third-order valence-electron chi connectivity index (χ3n) is 6.01. The normalized spacial score (nSPS) is 13.4. The van der Waals surface area contributed by atoms with Crippen molar-refractivity contribution in [3.05, 3.63) is 83.7 Å². The number of nitrogens with one attached hydrogen (secondary N) is 2. The second kappa shape index (κ2) is 11.0. The van der Waals surface area contributed by atoms with Gasteiger partial charge < -0.3 is 15.0 Å². The van der Waals surface area contributed by atoms with Crippen LogP contribution in [-0.4, -0.2) is 52.1 Å². The van der Waals surface area contributed by atoms with E-state index in [-0.39, 0.29) is 18.5 Å². The molecule has 3 aromatic rings. The highest BCUT2D eigenvalue weighted by Gasteiger charge is 2.33. The van der Waals surface area contributed by atoms with Gasteiger partial charge in [0.1, 0.15) is 23.4 Å². The third kappa shape index (κ3) is 5.99. The van der Waals surface area contributed by atoms with E-state index in [9.17, 15) is 26.8 Å². The van der Waals surface area contributed by atoms with Gasteiger partial charge >= 0.3 is 16.2 Å². The number of urea groups is 1. The molecule has 2 aromatic carbocycles. The van der Waals surface area contributed by atoms with Gasteiger partial charge in [0.25, 0.3) is 0 Å². The van der Waals surface area contributed by atoms with E-state index >= 15 is 0 Å². The zero-order chi connectivity index (χ0) is 27.4. The molecule has 1 unspecified atom stereocenters. The highest BCUT2D eigenvalue weighted by molar-refractivity contribution is 7.91. The van der Waals surface area contributed by atoms with Crippen molar-refractivity contribution in [2.45, 2.75) is 18.9 Å². The lowest BCUT2D eigenvalue weighted by molar-refractivity contribution is -0.120. The second-order valence-electron chi connectivity index (χ2n) is 8.54. The van der Waals surface area contributed by atoms with Crippen LogP contribution >= 0.6 is 0 Å². The maximum Gasteiger partial charge on any atom is 0.330 e. The molecule has 4 rings (SSSR count). The van der Waals surface area contributed by atoms with Gasteiger partial charge in [-0.2, -0.15) is 8.42 Å². The van der Waals surface area contributed by atoms with Crippen LogP contribution < -0.4 is 24.0 Å². The molecular formula is C25H25F2N5O5S. The van der Waals surface area contributed by atoms with Gasteiger partial charge in [-0.1, -0.05) is 0 Å². The van der Waals surface area contributed by atoms with Crippen LogP contribution in [0.25, 0.3) is 0 Å². The SMILES string of the molecule is COc1ccc(N(C)C(=O)C(Cc2cc(F)cc(F)c2)NC(=O)NS(=O)(=O)N2CCc3ccncc32)cc1. The van der Waals surface area contributed by atoms with Crippen LogP contribution in [-0.2, 0) is 27.8 Å². The number of rotatable bonds is 8. The predicted octanol–water partition coefficient (Wildman–Crippen LogP) is 2.55. The quantitative estimate of drug-likeness (QED) is 0.449. The number of anilines is 2. The van der Waals surface area contributed by atoms with Crippen LogP contribution in [0.5, 0.6) is 5.75 Å². The number of carbonyl (C=O) groups is 2. The number of hydrogen-bond acceptors (Lipinski definition) is 6. The number of methoxy groups -OCH3 is 1. The van der Waals surface area contributed by atoms with Gasteiger partial charge in [0.15, 0.2) is 0 Å². The molecule has 200 valence electrons. The maximum absolute atomic E-state index is 13.8. The molecule has 0 radical (unpaired) electrons. The van der Waals surface area contributed by atoms with E-state index in [1.54, 1.807) is 36.5 Å². The topological polar surface area (TPSA) is 121 Å². The molecule has 0 spiro atoms. The number of carbonyl (C=O) groups excluding carboxylic acids is 2. The van der Waals surface area contributed by atoms with Gasteiger partial charge in [0.05, 0.1) is 19.0 Å². The van der Waals surface area contributed by atoms with E-state index in [1.807, 2.05) is 4.72 Å². The van der Waals surface area contributed by atoms with Gasteiger partial charge in [-0.15, -0.1) is 0 Å². The summed E-state index contributed by atoms with van der Waals surface area (Å²) in [5.41, 5.74) is 1.64. The van der Waals surface area contributed by atoms with Crippen molar-refractivity contribution in [1.29, 1.82) is 0 Å². The first-order chi connectivity index (χ1) is 18.1. The number of halogens is 2. The lowest BCUT2D eigenvalue weighted by atomic mass is 10.0. The summed E-state index contributed by atoms with van der Waals surface area (Å²) in [6.07, 6.45) is 3.06. The molecule has 13 heteroatoms. The molecule has 2 N–H and O–H groups in total. The van der Waals surface area contributed by atoms with Crippen molar-refractivity contribution in [3.63, 3.8) is 0 Å². The summed E-state index contributed by atoms with van der Waals surface area (Å²) in [7, 11) is -1.39. The number of nitrogens with zero attached hydrogens (tertiary/aromatic N) is 3. The molecule has 38 heavy (non-hydrogen) atoms. The van der Waals surface area contributed by atoms with E-state index in [0.29, 0.717) is 29.6 Å². The number of fused-ring (bicyclic) bond motifs is 1. The van der Waals surface area contributed by atoms with Crippen molar-refractivity contribution < 1.29 is 31.5 Å². The monoisotopic (exact) mass is 545 g/mol. The van der Waals surface area contributed by atoms with Crippen molar-refractivity contribution in [3.8, 4) is 5.75 Å². The van der Waals surface area contributed by atoms with Crippen molar-refractivity contribution in [2.24, 2.45) is 0 Å². The number of hydrogen-bond donors (Lipinski definition) is 2. The Balaban J connectivity index is 1.55. The Morgan fingerprint density at radius 1 is 1.13 bits per heavy atom. The van der Waals surface area contributed by atoms with Crippen molar-refractivity contribution >= 4 is 33.5 Å². The average molecular weight is 546 g/mol. The minimum absolute atomic E-state index is 0.0895. The fourth-order valence-electron chi connectivity index (χ4n) is 4.13. The van der Waals surface area contributed by atoms with Crippen LogP contribution in [0.4, 0.5) is 25.0 Å². The Kier molecular flexibility index (Phi) is 7.76. The lowest BCUT2D eigenvalue weighted by Crippen LogP contribution is -2.54. The maximum atomic E-state index is 13.8. The van der Waals surface area contributed by atoms with E-state index in [0.717, 1.165) is 22.0 Å². The van der Waals surface area contributed by atoms with Gasteiger partial charge in [0.2, 0.25) is 5.91 Å². The van der Waals surface area contributed by atoms with Crippen molar-refractivity contribution in [1.82, 2.24) is 15.0 Å². The predicted molar refractivity (Wildman–Crippen MR) is 136 cm³/mol. The van der Waals surface area contributed by atoms with E-state index in [2.05, 4.69) is 10.3 Å². The smallest absolute Gasteiger partial charge is 0.330 e. The highest BCUT2D eigenvalue weighted by Crippen LogP contribution is 2.28. The summed E-state index contributed by atoms with van der Waals surface area (Å²) in [5.74, 6) is -1.81. The van der Waals surface area contributed by atoms with E-state index in [4.69, 9.17) is 4.74 Å². The first-order valence-electron chi connectivity index (χ1n) is 11.5. The number of pyridine rings is 1. The number of ether oxygens (including phenoxy) is 1. The summed E-state index contributed by atoms with van der Waals surface area (Å²) < 4.78 is 61.6. The van der Waals surface area contributed by atoms with Crippen LogP contribution in [0.3, 0.4) is 0 Å². The van der Waals surface area contributed by atoms with Gasteiger partial charge in [-0.25, -0.2) is 18.3 Å². The Hall–Kier alpha value is -4.26. The standard InChI is InChI=1S/C25H25F2N5O5S/c1-31(20-3-5-21(37-2)6-4-20)24(33)22(13-16-11-18(26)14-19(27)12-16)29-25(34)30-38(35,36)32-10-8-17-7-9-28-15-23(17)32/h3-7,9,11-12,14-15,22H,8,10,13H2,1-2H3,(H2,29,30,34).